The monoisotopic (exact) mass is 447 g/mol. The van der Waals surface area contributed by atoms with Crippen molar-refractivity contribution in [1.29, 1.82) is 0 Å². The first-order valence-electron chi connectivity index (χ1n) is 9.82. The van der Waals surface area contributed by atoms with Gasteiger partial charge in [0.15, 0.2) is 17.5 Å². The lowest BCUT2D eigenvalue weighted by Crippen LogP contribution is -2.35. The van der Waals surface area contributed by atoms with Crippen LogP contribution in [0.3, 0.4) is 0 Å². The minimum Gasteiger partial charge on any atom is -0.350 e. The van der Waals surface area contributed by atoms with Crippen molar-refractivity contribution in [3.63, 3.8) is 0 Å². The van der Waals surface area contributed by atoms with Gasteiger partial charge >= 0.3 is 0 Å². The molecule has 10 heteroatoms. The lowest BCUT2D eigenvalue weighted by atomic mass is 10.1. The Bertz CT molecular complexity index is 1120. The van der Waals surface area contributed by atoms with E-state index in [4.69, 9.17) is 0 Å². The molecule has 0 saturated heterocycles. The number of amides is 4. The lowest BCUT2D eigenvalue weighted by molar-refractivity contribution is 0.0635. The van der Waals surface area contributed by atoms with Gasteiger partial charge in [0, 0.05) is 25.2 Å². The highest BCUT2D eigenvalue weighted by atomic mass is 19.2. The Morgan fingerprint density at radius 3 is 2.16 bits per heavy atom. The number of nitrogens with zero attached hydrogens (tertiary/aromatic N) is 1. The third kappa shape index (κ3) is 4.48. The van der Waals surface area contributed by atoms with E-state index in [2.05, 4.69) is 10.6 Å². The van der Waals surface area contributed by atoms with Crippen molar-refractivity contribution in [1.82, 2.24) is 15.5 Å². The molecular formula is C22H20F3N3O4. The van der Waals surface area contributed by atoms with Gasteiger partial charge in [-0.3, -0.25) is 24.1 Å². The first-order chi connectivity index (χ1) is 15.1. The number of rotatable bonds is 7. The largest absolute Gasteiger partial charge is 0.350 e. The number of benzene rings is 2. The molecule has 1 aliphatic heterocycles. The molecule has 4 amide bonds. The zero-order valence-corrected chi connectivity index (χ0v) is 17.3. The van der Waals surface area contributed by atoms with Gasteiger partial charge in [-0.25, -0.2) is 13.2 Å². The standard InChI is InChI=1S/C22H20F3N3O4/c1-11(2)10-28-21(31)13-4-3-12(9-15(13)22(28)32)19(29)26-7-8-27-20(30)14-5-6-16(23)18(25)17(14)24/h3-6,9,11H,7-8,10H2,1-2H3,(H,26,29)(H,27,30). The van der Waals surface area contributed by atoms with E-state index in [1.54, 1.807) is 0 Å². The van der Waals surface area contributed by atoms with Gasteiger partial charge in [0.2, 0.25) is 0 Å². The van der Waals surface area contributed by atoms with Crippen molar-refractivity contribution in [3.8, 4) is 0 Å². The number of carbonyl (C=O) groups excluding carboxylic acids is 4. The van der Waals surface area contributed by atoms with Gasteiger partial charge in [-0.15, -0.1) is 0 Å². The summed E-state index contributed by atoms with van der Waals surface area (Å²) in [6.07, 6.45) is 0. The summed E-state index contributed by atoms with van der Waals surface area (Å²) in [6, 6.07) is 5.61. The van der Waals surface area contributed by atoms with Crippen molar-refractivity contribution in [2.24, 2.45) is 5.92 Å². The molecule has 0 bridgehead atoms. The van der Waals surface area contributed by atoms with E-state index in [1.807, 2.05) is 13.8 Å². The van der Waals surface area contributed by atoms with E-state index in [0.717, 1.165) is 11.0 Å². The number of fused-ring (bicyclic) bond motifs is 1. The summed E-state index contributed by atoms with van der Waals surface area (Å²) in [7, 11) is 0. The third-order valence-corrected chi connectivity index (χ3v) is 4.76. The highest BCUT2D eigenvalue weighted by molar-refractivity contribution is 6.22. The number of carbonyl (C=O) groups is 4. The topological polar surface area (TPSA) is 95.6 Å². The molecule has 1 aliphatic rings. The van der Waals surface area contributed by atoms with Gasteiger partial charge in [-0.05, 0) is 36.2 Å². The summed E-state index contributed by atoms with van der Waals surface area (Å²) in [5.41, 5.74) is -0.143. The summed E-state index contributed by atoms with van der Waals surface area (Å²) in [5, 5.41) is 4.79. The highest BCUT2D eigenvalue weighted by Crippen LogP contribution is 2.25. The Kier molecular flexibility index (Phi) is 6.61. The maximum absolute atomic E-state index is 13.6. The number of halogens is 3. The van der Waals surface area contributed by atoms with Crippen LogP contribution in [0, 0.1) is 23.4 Å². The lowest BCUT2D eigenvalue weighted by Gasteiger charge is -2.15. The maximum Gasteiger partial charge on any atom is 0.261 e. The van der Waals surface area contributed by atoms with Crippen molar-refractivity contribution in [2.75, 3.05) is 19.6 Å². The van der Waals surface area contributed by atoms with Crippen LogP contribution in [0.25, 0.3) is 0 Å². The molecule has 168 valence electrons. The van der Waals surface area contributed by atoms with Gasteiger partial charge in [-0.2, -0.15) is 0 Å². The first kappa shape index (κ1) is 23.0. The van der Waals surface area contributed by atoms with E-state index in [0.29, 0.717) is 6.07 Å². The van der Waals surface area contributed by atoms with E-state index in [9.17, 15) is 32.3 Å². The summed E-state index contributed by atoms with van der Waals surface area (Å²) < 4.78 is 39.8. The van der Waals surface area contributed by atoms with E-state index < -0.39 is 46.6 Å². The van der Waals surface area contributed by atoms with Crippen LogP contribution in [0.2, 0.25) is 0 Å². The maximum atomic E-state index is 13.6. The fourth-order valence-electron chi connectivity index (χ4n) is 3.21. The van der Waals surface area contributed by atoms with E-state index in [1.165, 1.54) is 18.2 Å². The van der Waals surface area contributed by atoms with Crippen molar-refractivity contribution in [2.45, 2.75) is 13.8 Å². The summed E-state index contributed by atoms with van der Waals surface area (Å²) in [6.45, 7) is 3.85. The van der Waals surface area contributed by atoms with Gasteiger partial charge < -0.3 is 10.6 Å². The molecule has 0 saturated carbocycles. The molecule has 3 rings (SSSR count). The Labute approximate surface area is 181 Å². The fourth-order valence-corrected chi connectivity index (χ4v) is 3.21. The Morgan fingerprint density at radius 1 is 0.875 bits per heavy atom. The normalized spacial score (nSPS) is 12.9. The average Bonchev–Trinajstić information content (AvgIpc) is 2.98. The molecule has 0 radical (unpaired) electrons. The molecule has 0 spiro atoms. The average molecular weight is 447 g/mol. The van der Waals surface area contributed by atoms with Crippen LogP contribution in [0.15, 0.2) is 30.3 Å². The van der Waals surface area contributed by atoms with Crippen LogP contribution in [-0.2, 0) is 0 Å². The van der Waals surface area contributed by atoms with Gasteiger partial charge in [-0.1, -0.05) is 13.8 Å². The smallest absolute Gasteiger partial charge is 0.261 e. The van der Waals surface area contributed by atoms with E-state index in [-0.39, 0.29) is 42.2 Å². The van der Waals surface area contributed by atoms with Gasteiger partial charge in [0.1, 0.15) is 0 Å². The molecule has 7 nitrogen and oxygen atoms in total. The summed E-state index contributed by atoms with van der Waals surface area (Å²) >= 11 is 0. The summed E-state index contributed by atoms with van der Waals surface area (Å²) in [4.78, 5) is 50.3. The van der Waals surface area contributed by atoms with Crippen LogP contribution in [0.4, 0.5) is 13.2 Å². The highest BCUT2D eigenvalue weighted by Gasteiger charge is 2.36. The van der Waals surface area contributed by atoms with Gasteiger partial charge in [0.25, 0.3) is 23.6 Å². The molecule has 0 fully saturated rings. The third-order valence-electron chi connectivity index (χ3n) is 4.76. The minimum absolute atomic E-state index is 0.0562. The number of nitrogens with one attached hydrogen (secondary N) is 2. The van der Waals surface area contributed by atoms with Gasteiger partial charge in [0.05, 0.1) is 16.7 Å². The SMILES string of the molecule is CC(C)CN1C(=O)c2ccc(C(=O)NCCNC(=O)c3ccc(F)c(F)c3F)cc2C1=O. The van der Waals surface area contributed by atoms with Crippen molar-refractivity contribution < 1.29 is 32.3 Å². The Hall–Kier alpha value is -3.69. The quantitative estimate of drug-likeness (QED) is 0.387. The second-order valence-corrected chi connectivity index (χ2v) is 7.61. The molecule has 2 aromatic carbocycles. The molecule has 2 aromatic rings. The molecule has 1 heterocycles. The molecule has 2 N–H and O–H groups in total. The van der Waals surface area contributed by atoms with Crippen LogP contribution in [0.5, 0.6) is 0 Å². The first-order valence-corrected chi connectivity index (χ1v) is 9.82. The zero-order valence-electron chi connectivity index (χ0n) is 17.3. The van der Waals surface area contributed by atoms with Crippen LogP contribution >= 0.6 is 0 Å². The predicted molar refractivity (Wildman–Crippen MR) is 108 cm³/mol. The molecule has 0 unspecified atom stereocenters. The van der Waals surface area contributed by atoms with Crippen molar-refractivity contribution in [3.05, 3.63) is 70.0 Å². The zero-order chi connectivity index (χ0) is 23.6. The van der Waals surface area contributed by atoms with Crippen molar-refractivity contribution >= 4 is 23.6 Å². The molecule has 0 aromatic heterocycles. The predicted octanol–water partition coefficient (Wildman–Crippen LogP) is 2.52. The second kappa shape index (κ2) is 9.21. The number of hydrogen-bond donors (Lipinski definition) is 2. The molecular weight excluding hydrogens is 427 g/mol. The molecule has 0 atom stereocenters. The molecule has 32 heavy (non-hydrogen) atoms. The van der Waals surface area contributed by atoms with E-state index >= 15 is 0 Å². The fraction of sp³-hybridized carbons (Fsp3) is 0.273. The minimum atomic E-state index is -1.75. The summed E-state index contributed by atoms with van der Waals surface area (Å²) in [5.74, 6) is -7.06. The number of imide groups is 1. The van der Waals surface area contributed by atoms with Crippen LogP contribution < -0.4 is 10.6 Å². The number of hydrogen-bond acceptors (Lipinski definition) is 4. The Balaban J connectivity index is 1.57. The second-order valence-electron chi connectivity index (χ2n) is 7.61. The molecule has 0 aliphatic carbocycles. The van der Waals surface area contributed by atoms with Crippen LogP contribution in [0.1, 0.15) is 55.3 Å². The van der Waals surface area contributed by atoms with Crippen LogP contribution in [-0.4, -0.2) is 48.2 Å². The Morgan fingerprint density at radius 2 is 1.50 bits per heavy atom.